The van der Waals surface area contributed by atoms with Crippen LogP contribution in [0.25, 0.3) is 0 Å². The van der Waals surface area contributed by atoms with E-state index in [9.17, 15) is 4.21 Å². The molecule has 0 aliphatic carbocycles. The second-order valence-corrected chi connectivity index (χ2v) is 5.14. The van der Waals surface area contributed by atoms with E-state index in [1.54, 1.807) is 12.4 Å². The van der Waals surface area contributed by atoms with Gasteiger partial charge in [0.05, 0.1) is 5.75 Å². The topological polar surface area (TPSA) is 42.0 Å². The Hall–Kier alpha value is -0.740. The van der Waals surface area contributed by atoms with Gasteiger partial charge in [0.15, 0.2) is 0 Å². The molecule has 0 amide bonds. The first kappa shape index (κ1) is 9.80. The van der Waals surface area contributed by atoms with Gasteiger partial charge in [-0.15, -0.1) is 0 Å². The van der Waals surface area contributed by atoms with E-state index in [0.29, 0.717) is 11.7 Å². The molecule has 1 atom stereocenters. The Kier molecular flexibility index (Phi) is 3.26. The Morgan fingerprint density at radius 1 is 1.57 bits per heavy atom. The lowest BCUT2D eigenvalue weighted by molar-refractivity contribution is 0.382. The number of rotatable bonds is 4. The van der Waals surface area contributed by atoms with Gasteiger partial charge in [0.2, 0.25) is 0 Å². The van der Waals surface area contributed by atoms with E-state index in [1.807, 2.05) is 12.1 Å². The van der Waals surface area contributed by atoms with Crippen LogP contribution in [0.3, 0.4) is 0 Å². The summed E-state index contributed by atoms with van der Waals surface area (Å²) in [6, 6.07) is 3.86. The van der Waals surface area contributed by atoms with Crippen LogP contribution < -0.4 is 5.32 Å². The molecule has 0 spiro atoms. The zero-order valence-corrected chi connectivity index (χ0v) is 8.80. The number of aromatic nitrogens is 1. The van der Waals surface area contributed by atoms with Gasteiger partial charge in [-0.1, -0.05) is 6.07 Å². The standard InChI is InChI=1S/C10H14N2OS/c13-14(8-10-5-12-6-10)7-9-2-1-3-11-4-9/h1-4,10,12H,5-8H2. The number of nitrogens with zero attached hydrogens (tertiary/aromatic N) is 1. The van der Waals surface area contributed by atoms with E-state index in [1.165, 1.54) is 0 Å². The van der Waals surface area contributed by atoms with Crippen molar-refractivity contribution >= 4 is 10.8 Å². The van der Waals surface area contributed by atoms with Gasteiger partial charge in [-0.25, -0.2) is 0 Å². The van der Waals surface area contributed by atoms with E-state index in [0.717, 1.165) is 24.4 Å². The second-order valence-electron chi connectivity index (χ2n) is 3.64. The largest absolute Gasteiger partial charge is 0.316 e. The highest BCUT2D eigenvalue weighted by molar-refractivity contribution is 7.84. The number of hydrogen-bond acceptors (Lipinski definition) is 3. The van der Waals surface area contributed by atoms with Crippen molar-refractivity contribution in [3.8, 4) is 0 Å². The minimum Gasteiger partial charge on any atom is -0.316 e. The van der Waals surface area contributed by atoms with Crippen molar-refractivity contribution in [1.82, 2.24) is 10.3 Å². The fourth-order valence-corrected chi connectivity index (χ4v) is 2.88. The van der Waals surface area contributed by atoms with Gasteiger partial charge in [0.1, 0.15) is 0 Å². The quantitative estimate of drug-likeness (QED) is 0.789. The molecular formula is C10H14N2OS. The molecule has 1 unspecified atom stereocenters. The maximum Gasteiger partial charge on any atom is 0.0501 e. The van der Waals surface area contributed by atoms with Crippen molar-refractivity contribution in [2.24, 2.45) is 5.92 Å². The third-order valence-electron chi connectivity index (χ3n) is 2.34. The summed E-state index contributed by atoms with van der Waals surface area (Å²) in [4.78, 5) is 4.00. The van der Waals surface area contributed by atoms with Gasteiger partial charge in [-0.05, 0) is 17.5 Å². The minimum absolute atomic E-state index is 0.618. The number of pyridine rings is 1. The molecule has 1 saturated heterocycles. The molecule has 1 aromatic rings. The fourth-order valence-electron chi connectivity index (χ4n) is 1.46. The first-order valence-electron chi connectivity index (χ1n) is 4.79. The van der Waals surface area contributed by atoms with Gasteiger partial charge in [0, 0.05) is 42.0 Å². The molecule has 76 valence electrons. The monoisotopic (exact) mass is 210 g/mol. The molecule has 0 saturated carbocycles. The number of nitrogens with one attached hydrogen (secondary N) is 1. The molecule has 1 N–H and O–H groups in total. The Labute approximate surface area is 86.4 Å². The highest BCUT2D eigenvalue weighted by Gasteiger charge is 2.19. The smallest absolute Gasteiger partial charge is 0.0501 e. The van der Waals surface area contributed by atoms with Gasteiger partial charge < -0.3 is 5.32 Å². The van der Waals surface area contributed by atoms with E-state index >= 15 is 0 Å². The van der Waals surface area contributed by atoms with Crippen LogP contribution in [-0.2, 0) is 16.6 Å². The maximum atomic E-state index is 11.7. The average molecular weight is 210 g/mol. The van der Waals surface area contributed by atoms with Crippen molar-refractivity contribution in [3.05, 3.63) is 30.1 Å². The molecule has 2 rings (SSSR count). The molecule has 3 nitrogen and oxygen atoms in total. The van der Waals surface area contributed by atoms with Gasteiger partial charge in [-0.2, -0.15) is 0 Å². The third kappa shape index (κ3) is 2.62. The second kappa shape index (κ2) is 4.66. The van der Waals surface area contributed by atoms with E-state index < -0.39 is 10.8 Å². The van der Waals surface area contributed by atoms with Crippen LogP contribution in [0.4, 0.5) is 0 Å². The summed E-state index contributed by atoms with van der Waals surface area (Å²) in [5.41, 5.74) is 1.07. The molecule has 1 aliphatic heterocycles. The molecule has 1 aliphatic rings. The lowest BCUT2D eigenvalue weighted by Crippen LogP contribution is -2.44. The average Bonchev–Trinajstić information content (AvgIpc) is 2.13. The first-order chi connectivity index (χ1) is 6.84. The van der Waals surface area contributed by atoms with Gasteiger partial charge in [-0.3, -0.25) is 9.19 Å². The Morgan fingerprint density at radius 3 is 3.00 bits per heavy atom. The van der Waals surface area contributed by atoms with Crippen LogP contribution in [0, 0.1) is 5.92 Å². The highest BCUT2D eigenvalue weighted by atomic mass is 32.2. The van der Waals surface area contributed by atoms with Gasteiger partial charge >= 0.3 is 0 Å². The lowest BCUT2D eigenvalue weighted by atomic mass is 10.1. The summed E-state index contributed by atoms with van der Waals surface area (Å²) in [6.45, 7) is 2.05. The Morgan fingerprint density at radius 2 is 2.43 bits per heavy atom. The summed E-state index contributed by atoms with van der Waals surface area (Å²) >= 11 is 0. The zero-order valence-electron chi connectivity index (χ0n) is 7.98. The van der Waals surface area contributed by atoms with E-state index in [4.69, 9.17) is 0 Å². The zero-order chi connectivity index (χ0) is 9.80. The summed E-state index contributed by atoms with van der Waals surface area (Å²) in [7, 11) is -0.730. The summed E-state index contributed by atoms with van der Waals surface area (Å²) in [5.74, 6) is 2.08. The SMILES string of the molecule is O=S(Cc1cccnc1)CC1CNC1. The van der Waals surface area contributed by atoms with Gasteiger partial charge in [0.25, 0.3) is 0 Å². The van der Waals surface area contributed by atoms with Crippen LogP contribution in [-0.4, -0.2) is 28.0 Å². The van der Waals surface area contributed by atoms with Crippen LogP contribution in [0.5, 0.6) is 0 Å². The van der Waals surface area contributed by atoms with Crippen LogP contribution in [0.1, 0.15) is 5.56 Å². The molecule has 1 aromatic heterocycles. The molecule has 14 heavy (non-hydrogen) atoms. The molecule has 0 bridgehead atoms. The number of hydrogen-bond donors (Lipinski definition) is 1. The third-order valence-corrected chi connectivity index (χ3v) is 3.84. The molecule has 1 fully saturated rings. The highest BCUT2D eigenvalue weighted by Crippen LogP contribution is 2.08. The Balaban J connectivity index is 1.82. The lowest BCUT2D eigenvalue weighted by Gasteiger charge is -2.26. The fraction of sp³-hybridized carbons (Fsp3) is 0.500. The molecule has 4 heteroatoms. The Bertz CT molecular complexity index is 311. The maximum absolute atomic E-state index is 11.7. The molecule has 2 heterocycles. The van der Waals surface area contributed by atoms with Crippen molar-refractivity contribution < 1.29 is 4.21 Å². The predicted molar refractivity (Wildman–Crippen MR) is 57.3 cm³/mol. The van der Waals surface area contributed by atoms with Crippen molar-refractivity contribution in [3.63, 3.8) is 0 Å². The normalized spacial score (nSPS) is 18.9. The summed E-state index contributed by atoms with van der Waals surface area (Å²) in [6.07, 6.45) is 3.53. The van der Waals surface area contributed by atoms with Crippen LogP contribution in [0.2, 0.25) is 0 Å². The first-order valence-corrected chi connectivity index (χ1v) is 6.28. The molecular weight excluding hydrogens is 196 g/mol. The van der Waals surface area contributed by atoms with Crippen molar-refractivity contribution in [2.45, 2.75) is 5.75 Å². The van der Waals surface area contributed by atoms with Crippen molar-refractivity contribution in [2.75, 3.05) is 18.8 Å². The van der Waals surface area contributed by atoms with E-state index in [-0.39, 0.29) is 0 Å². The predicted octanol–water partition coefficient (Wildman–Crippen LogP) is 0.550. The van der Waals surface area contributed by atoms with Crippen molar-refractivity contribution in [1.29, 1.82) is 0 Å². The van der Waals surface area contributed by atoms with Crippen LogP contribution >= 0.6 is 0 Å². The molecule has 0 aromatic carbocycles. The van der Waals surface area contributed by atoms with E-state index in [2.05, 4.69) is 10.3 Å². The summed E-state index contributed by atoms with van der Waals surface area (Å²) < 4.78 is 11.7. The molecule has 0 radical (unpaired) electrons. The van der Waals surface area contributed by atoms with Crippen LogP contribution in [0.15, 0.2) is 24.5 Å². The summed E-state index contributed by atoms with van der Waals surface area (Å²) in [5, 5.41) is 3.18. The minimum atomic E-state index is -0.730.